The van der Waals surface area contributed by atoms with Gasteiger partial charge in [-0.15, -0.1) is 0 Å². The van der Waals surface area contributed by atoms with Crippen LogP contribution in [0.3, 0.4) is 0 Å². The van der Waals surface area contributed by atoms with Crippen molar-refractivity contribution in [3.8, 4) is 0 Å². The smallest absolute Gasteiger partial charge is 0.000473 e. The van der Waals surface area contributed by atoms with Crippen molar-refractivity contribution in [2.75, 3.05) is 8.86 Å². The van der Waals surface area contributed by atoms with E-state index in [0.717, 1.165) is 23.7 Å². The predicted molar refractivity (Wildman–Crippen MR) is 174 cm³/mol. The van der Waals surface area contributed by atoms with Gasteiger partial charge in [-0.2, -0.15) is 0 Å². The molecule has 0 aromatic heterocycles. The zero-order valence-electron chi connectivity index (χ0n) is 22.9. The van der Waals surface area contributed by atoms with E-state index in [-0.39, 0.29) is 0 Å². The van der Waals surface area contributed by atoms with Crippen LogP contribution in [0.1, 0.15) is 142 Å². The predicted octanol–water partition coefficient (Wildman–Crippen LogP) is 12.3. The summed E-state index contributed by atoms with van der Waals surface area (Å²) in [4.78, 5) is 0. The third-order valence-corrected chi connectivity index (χ3v) is 9.56. The fourth-order valence-electron chi connectivity index (χ4n) is 5.95. The summed E-state index contributed by atoms with van der Waals surface area (Å²) in [6.07, 6.45) is 38.7. The monoisotopic (exact) mass is 696 g/mol. The Kier molecular flexibility index (Phi) is 23.5. The molecule has 0 aliphatic heterocycles. The van der Waals surface area contributed by atoms with E-state index >= 15 is 0 Å². The van der Waals surface area contributed by atoms with Crippen LogP contribution in [-0.4, -0.2) is 8.86 Å². The van der Waals surface area contributed by atoms with E-state index in [0.29, 0.717) is 0 Å². The molecule has 0 nitrogen and oxygen atoms in total. The van der Waals surface area contributed by atoms with E-state index in [9.17, 15) is 0 Å². The Bertz CT molecular complexity index is 483. The highest BCUT2D eigenvalue weighted by Gasteiger charge is 2.34. The molecule has 0 fully saturated rings. The first-order valence-corrected chi connectivity index (χ1v) is 18.3. The van der Waals surface area contributed by atoms with Crippen molar-refractivity contribution in [3.05, 3.63) is 24.3 Å². The van der Waals surface area contributed by atoms with Gasteiger partial charge in [0.15, 0.2) is 0 Å². The summed E-state index contributed by atoms with van der Waals surface area (Å²) < 4.78 is 2.66. The molecule has 0 aromatic rings. The van der Waals surface area contributed by atoms with Gasteiger partial charge in [-0.25, -0.2) is 0 Å². The molecule has 2 heteroatoms. The van der Waals surface area contributed by atoms with Gasteiger partial charge in [0, 0.05) is 0 Å². The molecule has 0 saturated heterocycles. The molecule has 4 unspecified atom stereocenters. The lowest BCUT2D eigenvalue weighted by atomic mass is 9.65. The van der Waals surface area contributed by atoms with Crippen molar-refractivity contribution < 1.29 is 0 Å². The molecule has 0 heterocycles. The fourth-order valence-corrected chi connectivity index (χ4v) is 7.03. The van der Waals surface area contributed by atoms with Crippen LogP contribution in [0.25, 0.3) is 0 Å². The number of rotatable bonds is 23. The van der Waals surface area contributed by atoms with Gasteiger partial charge in [0.25, 0.3) is 0 Å². The first-order valence-electron chi connectivity index (χ1n) is 15.2. The molecule has 0 radical (unpaired) electrons. The van der Waals surface area contributed by atoms with E-state index in [2.05, 4.69) is 83.3 Å². The largest absolute Gasteiger partial charge is 0.0885 e. The lowest BCUT2D eigenvalue weighted by Gasteiger charge is -2.40. The quantitative estimate of drug-likeness (QED) is 0.0432. The standard InChI is InChI=1S/C32H58I2/c1-3-5-7-9-10-17-23-31-29(21-15-8-6-4-2)25-26-30(22-16-11-13-19-27-33)32(31)24-18-12-14-20-28-34/h10,17,25-26,29-32H,3-9,11-16,18-24,27-28H2,1-2H3/b17-10+. The van der Waals surface area contributed by atoms with Crippen LogP contribution in [0.15, 0.2) is 24.3 Å². The van der Waals surface area contributed by atoms with Crippen molar-refractivity contribution in [3.63, 3.8) is 0 Å². The minimum Gasteiger partial charge on any atom is -0.0885 e. The van der Waals surface area contributed by atoms with E-state index in [4.69, 9.17) is 0 Å². The minimum atomic E-state index is 0.826. The Morgan fingerprint density at radius 1 is 0.529 bits per heavy atom. The summed E-state index contributed by atoms with van der Waals surface area (Å²) in [5, 5.41) is 0. The zero-order chi connectivity index (χ0) is 24.7. The summed E-state index contributed by atoms with van der Waals surface area (Å²) in [5.74, 6) is 3.48. The van der Waals surface area contributed by atoms with Crippen molar-refractivity contribution in [2.24, 2.45) is 23.7 Å². The molecular weight excluding hydrogens is 638 g/mol. The van der Waals surface area contributed by atoms with Crippen LogP contribution in [0.2, 0.25) is 0 Å². The lowest BCUT2D eigenvalue weighted by Crippen LogP contribution is -2.31. The fraction of sp³-hybridized carbons (Fsp3) is 0.875. The number of unbranched alkanes of at least 4 members (excludes halogenated alkanes) is 12. The molecule has 34 heavy (non-hydrogen) atoms. The van der Waals surface area contributed by atoms with Crippen LogP contribution < -0.4 is 0 Å². The zero-order valence-corrected chi connectivity index (χ0v) is 27.2. The average Bonchev–Trinajstić information content (AvgIpc) is 2.85. The second-order valence-corrected chi connectivity index (χ2v) is 13.0. The van der Waals surface area contributed by atoms with Gasteiger partial charge in [0.2, 0.25) is 0 Å². The molecular formula is C32H58I2. The summed E-state index contributed by atoms with van der Waals surface area (Å²) >= 11 is 5.08. The maximum Gasteiger partial charge on any atom is -0.000473 e. The molecule has 0 amide bonds. The molecule has 1 aliphatic rings. The van der Waals surface area contributed by atoms with Gasteiger partial charge in [0.1, 0.15) is 0 Å². The molecule has 0 bridgehead atoms. The van der Waals surface area contributed by atoms with Crippen molar-refractivity contribution >= 4 is 45.2 Å². The maximum absolute atomic E-state index is 2.71. The highest BCUT2D eigenvalue weighted by molar-refractivity contribution is 14.1. The van der Waals surface area contributed by atoms with E-state index in [1.807, 2.05) is 0 Å². The maximum atomic E-state index is 2.71. The summed E-state index contributed by atoms with van der Waals surface area (Å²) in [5.41, 5.74) is 0. The second-order valence-electron chi connectivity index (χ2n) is 10.9. The third kappa shape index (κ3) is 15.9. The number of alkyl halides is 2. The van der Waals surface area contributed by atoms with Crippen LogP contribution >= 0.6 is 45.2 Å². The Hall–Kier alpha value is 0.940. The number of allylic oxidation sites excluding steroid dienone is 4. The Morgan fingerprint density at radius 3 is 1.62 bits per heavy atom. The summed E-state index contributed by atoms with van der Waals surface area (Å²) in [7, 11) is 0. The molecule has 1 rings (SSSR count). The third-order valence-electron chi connectivity index (χ3n) is 8.04. The highest BCUT2D eigenvalue weighted by Crippen LogP contribution is 2.44. The number of halogens is 2. The Balaban J connectivity index is 2.82. The van der Waals surface area contributed by atoms with Crippen molar-refractivity contribution in [1.29, 1.82) is 0 Å². The van der Waals surface area contributed by atoms with Gasteiger partial charge >= 0.3 is 0 Å². The molecule has 200 valence electrons. The molecule has 4 atom stereocenters. The molecule has 0 N–H and O–H groups in total. The highest BCUT2D eigenvalue weighted by atomic mass is 127. The Labute approximate surface area is 242 Å². The average molecular weight is 697 g/mol. The summed E-state index contributed by atoms with van der Waals surface area (Å²) in [6, 6.07) is 0. The van der Waals surface area contributed by atoms with Crippen LogP contribution in [-0.2, 0) is 0 Å². The molecule has 1 aliphatic carbocycles. The topological polar surface area (TPSA) is 0 Å². The van der Waals surface area contributed by atoms with Gasteiger partial charge in [-0.3, -0.25) is 0 Å². The van der Waals surface area contributed by atoms with Crippen LogP contribution in [0, 0.1) is 23.7 Å². The van der Waals surface area contributed by atoms with Crippen LogP contribution in [0.5, 0.6) is 0 Å². The summed E-state index contributed by atoms with van der Waals surface area (Å²) in [6.45, 7) is 4.65. The Morgan fingerprint density at radius 2 is 1.03 bits per heavy atom. The van der Waals surface area contributed by atoms with Crippen LogP contribution in [0.4, 0.5) is 0 Å². The normalized spacial score (nSPS) is 22.7. The first-order chi connectivity index (χ1) is 16.8. The van der Waals surface area contributed by atoms with Gasteiger partial charge in [-0.1, -0.05) is 160 Å². The SMILES string of the molecule is CCCCC/C=C/CC1C(CCCCCC)C=CC(CCCCCCI)C1CCCCCCI. The first kappa shape index (κ1) is 33.0. The lowest BCUT2D eigenvalue weighted by molar-refractivity contribution is 0.160. The van der Waals surface area contributed by atoms with E-state index in [1.165, 1.54) is 137 Å². The molecule has 0 saturated carbocycles. The van der Waals surface area contributed by atoms with Gasteiger partial charge in [0.05, 0.1) is 0 Å². The van der Waals surface area contributed by atoms with Crippen molar-refractivity contribution in [2.45, 2.75) is 142 Å². The van der Waals surface area contributed by atoms with Gasteiger partial charge in [-0.05, 0) is 83.9 Å². The van der Waals surface area contributed by atoms with E-state index < -0.39 is 0 Å². The number of hydrogen-bond donors (Lipinski definition) is 0. The molecule has 0 aromatic carbocycles. The van der Waals surface area contributed by atoms with Crippen molar-refractivity contribution in [1.82, 2.24) is 0 Å². The van der Waals surface area contributed by atoms with Gasteiger partial charge < -0.3 is 0 Å². The van der Waals surface area contributed by atoms with E-state index in [1.54, 1.807) is 0 Å². The number of hydrogen-bond acceptors (Lipinski definition) is 0. The molecule has 0 spiro atoms. The minimum absolute atomic E-state index is 0.826. The second kappa shape index (κ2) is 24.3.